The molecule has 2 N–H and O–H groups in total. The minimum absolute atomic E-state index is 0. The van der Waals surface area contributed by atoms with Gasteiger partial charge in [-0.3, -0.25) is 10.1 Å². The third kappa shape index (κ3) is 7.78. The van der Waals surface area contributed by atoms with E-state index in [1.807, 2.05) is 49.3 Å². The molecule has 0 heterocycles. The third-order valence-electron chi connectivity index (χ3n) is 4.00. The highest BCUT2D eigenvalue weighted by molar-refractivity contribution is 14.0. The Bertz CT molecular complexity index is 982. The Morgan fingerprint density at radius 3 is 2.37 bits per heavy atom. The fourth-order valence-corrected chi connectivity index (χ4v) is 3.16. The highest BCUT2D eigenvalue weighted by Crippen LogP contribution is 2.27. The SMILES string of the molecule is CN(C)C(=NCc1ccccc1)NCCNc1ccc(S(C)(=O)=O)cc1[N+](=O)[O-].I. The number of nitro groups is 1. The van der Waals surface area contributed by atoms with E-state index in [1.165, 1.54) is 12.1 Å². The van der Waals surface area contributed by atoms with E-state index in [0.717, 1.165) is 17.9 Å². The lowest BCUT2D eigenvalue weighted by Gasteiger charge is -2.18. The summed E-state index contributed by atoms with van der Waals surface area (Å²) in [6.07, 6.45) is 1.01. The zero-order valence-corrected chi connectivity index (χ0v) is 20.2. The molecule has 2 aromatic carbocycles. The number of anilines is 1. The van der Waals surface area contributed by atoms with Crippen molar-refractivity contribution in [3.63, 3.8) is 0 Å². The zero-order valence-electron chi connectivity index (χ0n) is 17.0. The van der Waals surface area contributed by atoms with E-state index in [2.05, 4.69) is 15.6 Å². The van der Waals surface area contributed by atoms with Gasteiger partial charge in [0.1, 0.15) is 5.69 Å². The quantitative estimate of drug-likeness (QED) is 0.130. The number of hydrogen-bond donors (Lipinski definition) is 2. The predicted octanol–water partition coefficient (Wildman–Crippen LogP) is 2.74. The van der Waals surface area contributed by atoms with Gasteiger partial charge in [-0.2, -0.15) is 0 Å². The summed E-state index contributed by atoms with van der Waals surface area (Å²) in [5.74, 6) is 0.692. The molecule has 0 unspecified atom stereocenters. The number of halogens is 1. The van der Waals surface area contributed by atoms with Crippen LogP contribution in [0.4, 0.5) is 11.4 Å². The summed E-state index contributed by atoms with van der Waals surface area (Å²) < 4.78 is 23.2. The number of nitrogens with one attached hydrogen (secondary N) is 2. The van der Waals surface area contributed by atoms with E-state index >= 15 is 0 Å². The number of rotatable bonds is 8. The van der Waals surface area contributed by atoms with Crippen LogP contribution in [0.1, 0.15) is 5.56 Å². The largest absolute Gasteiger partial charge is 0.378 e. The molecule has 0 aromatic heterocycles. The molecular formula is C19H26IN5O4S. The normalized spacial score (nSPS) is 11.4. The Morgan fingerprint density at radius 1 is 1.13 bits per heavy atom. The van der Waals surface area contributed by atoms with Gasteiger partial charge < -0.3 is 15.5 Å². The van der Waals surface area contributed by atoms with Gasteiger partial charge in [0.2, 0.25) is 0 Å². The first-order valence-electron chi connectivity index (χ1n) is 8.90. The second-order valence-corrected chi connectivity index (χ2v) is 8.60. The molecule has 0 fully saturated rings. The minimum Gasteiger partial charge on any atom is -0.378 e. The van der Waals surface area contributed by atoms with Crippen LogP contribution in [-0.2, 0) is 16.4 Å². The maximum atomic E-state index is 11.6. The summed E-state index contributed by atoms with van der Waals surface area (Å²) in [6, 6.07) is 13.7. The van der Waals surface area contributed by atoms with Crippen LogP contribution in [0.15, 0.2) is 58.4 Å². The maximum absolute atomic E-state index is 11.6. The average Bonchev–Trinajstić information content (AvgIpc) is 2.67. The Balaban J connectivity index is 0.00000450. The van der Waals surface area contributed by atoms with Crippen LogP contribution in [0.5, 0.6) is 0 Å². The van der Waals surface area contributed by atoms with E-state index < -0.39 is 14.8 Å². The second kappa shape index (κ2) is 11.7. The number of nitrogens with zero attached hydrogens (tertiary/aromatic N) is 3. The summed E-state index contributed by atoms with van der Waals surface area (Å²) >= 11 is 0. The molecule has 0 saturated carbocycles. The molecule has 0 bridgehead atoms. The summed E-state index contributed by atoms with van der Waals surface area (Å²) in [5.41, 5.74) is 1.07. The second-order valence-electron chi connectivity index (χ2n) is 6.58. The van der Waals surface area contributed by atoms with Gasteiger partial charge in [-0.15, -0.1) is 24.0 Å². The summed E-state index contributed by atoms with van der Waals surface area (Å²) in [5, 5.41) is 17.4. The lowest BCUT2D eigenvalue weighted by atomic mass is 10.2. The molecule has 0 aliphatic heterocycles. The smallest absolute Gasteiger partial charge is 0.293 e. The lowest BCUT2D eigenvalue weighted by molar-refractivity contribution is -0.384. The van der Waals surface area contributed by atoms with Gasteiger partial charge >= 0.3 is 0 Å². The number of nitro benzene ring substituents is 1. The topological polar surface area (TPSA) is 117 Å². The molecule has 0 saturated heterocycles. The van der Waals surface area contributed by atoms with E-state index in [0.29, 0.717) is 25.6 Å². The summed E-state index contributed by atoms with van der Waals surface area (Å²) in [6.45, 7) is 1.39. The van der Waals surface area contributed by atoms with Crippen LogP contribution in [0, 0.1) is 10.1 Å². The van der Waals surface area contributed by atoms with Crippen molar-refractivity contribution in [1.29, 1.82) is 0 Å². The summed E-state index contributed by atoms with van der Waals surface area (Å²) in [4.78, 5) is 17.0. The predicted molar refractivity (Wildman–Crippen MR) is 129 cm³/mol. The van der Waals surface area contributed by atoms with Crippen molar-refractivity contribution < 1.29 is 13.3 Å². The molecule has 0 amide bonds. The van der Waals surface area contributed by atoms with Gasteiger partial charge in [0.05, 0.1) is 16.4 Å². The average molecular weight is 547 g/mol. The van der Waals surface area contributed by atoms with Crippen LogP contribution >= 0.6 is 24.0 Å². The van der Waals surface area contributed by atoms with Crippen molar-refractivity contribution in [1.82, 2.24) is 10.2 Å². The van der Waals surface area contributed by atoms with Crippen LogP contribution in [0.25, 0.3) is 0 Å². The van der Waals surface area contributed by atoms with Crippen LogP contribution in [0.3, 0.4) is 0 Å². The van der Waals surface area contributed by atoms with Crippen molar-refractivity contribution in [3.05, 3.63) is 64.2 Å². The van der Waals surface area contributed by atoms with E-state index in [1.54, 1.807) is 0 Å². The molecule has 0 aliphatic rings. The van der Waals surface area contributed by atoms with Gasteiger partial charge in [-0.1, -0.05) is 30.3 Å². The highest BCUT2D eigenvalue weighted by Gasteiger charge is 2.18. The van der Waals surface area contributed by atoms with Crippen molar-refractivity contribution in [3.8, 4) is 0 Å². The molecule has 9 nitrogen and oxygen atoms in total. The zero-order chi connectivity index (χ0) is 21.4. The van der Waals surface area contributed by atoms with Crippen LogP contribution in [0.2, 0.25) is 0 Å². The lowest BCUT2D eigenvalue weighted by Crippen LogP contribution is -2.38. The van der Waals surface area contributed by atoms with E-state index in [9.17, 15) is 18.5 Å². The first-order valence-corrected chi connectivity index (χ1v) is 10.8. The van der Waals surface area contributed by atoms with Gasteiger partial charge in [0, 0.05) is 39.5 Å². The molecule has 0 atom stereocenters. The van der Waals surface area contributed by atoms with Gasteiger partial charge in [0.25, 0.3) is 5.69 Å². The Hall–Kier alpha value is -2.41. The molecule has 0 spiro atoms. The van der Waals surface area contributed by atoms with Crippen molar-refractivity contribution >= 4 is 51.1 Å². The molecular weight excluding hydrogens is 521 g/mol. The molecule has 11 heteroatoms. The molecule has 2 rings (SSSR count). The highest BCUT2D eigenvalue weighted by atomic mass is 127. The Morgan fingerprint density at radius 2 is 1.80 bits per heavy atom. The van der Waals surface area contributed by atoms with E-state index in [-0.39, 0.29) is 40.2 Å². The summed E-state index contributed by atoms with van der Waals surface area (Å²) in [7, 11) is 0.231. The molecule has 2 aromatic rings. The van der Waals surface area contributed by atoms with Gasteiger partial charge in [-0.25, -0.2) is 13.4 Å². The number of sulfone groups is 1. The Labute approximate surface area is 193 Å². The Kier molecular flexibility index (Phi) is 9.99. The standard InChI is InChI=1S/C19H25N5O4S.HI/c1-23(2)19(22-14-15-7-5-4-6-8-15)21-12-11-20-17-10-9-16(29(3,27)28)13-18(17)24(25)26;/h4-10,13,20H,11-12,14H2,1-3H3,(H,21,22);1H. The minimum atomic E-state index is -3.52. The third-order valence-corrected chi connectivity index (χ3v) is 5.11. The van der Waals surface area contributed by atoms with Crippen LogP contribution < -0.4 is 10.6 Å². The molecule has 0 aliphatic carbocycles. The van der Waals surface area contributed by atoms with Gasteiger partial charge in [-0.05, 0) is 17.7 Å². The van der Waals surface area contributed by atoms with Gasteiger partial charge in [0.15, 0.2) is 15.8 Å². The maximum Gasteiger partial charge on any atom is 0.293 e. The first-order chi connectivity index (χ1) is 13.7. The fourth-order valence-electron chi connectivity index (χ4n) is 2.52. The van der Waals surface area contributed by atoms with Crippen LogP contribution in [-0.4, -0.2) is 57.6 Å². The molecule has 164 valence electrons. The van der Waals surface area contributed by atoms with Crippen molar-refractivity contribution in [2.24, 2.45) is 4.99 Å². The number of benzene rings is 2. The van der Waals surface area contributed by atoms with E-state index in [4.69, 9.17) is 0 Å². The fraction of sp³-hybridized carbons (Fsp3) is 0.316. The van der Waals surface area contributed by atoms with Crippen molar-refractivity contribution in [2.45, 2.75) is 11.4 Å². The number of aliphatic imine (C=N–C) groups is 1. The number of hydrogen-bond acceptors (Lipinski definition) is 6. The van der Waals surface area contributed by atoms with Crippen molar-refractivity contribution in [2.75, 3.05) is 38.8 Å². The molecule has 0 radical (unpaired) electrons. The monoisotopic (exact) mass is 547 g/mol. The number of guanidine groups is 1. The first kappa shape index (κ1) is 25.6. The molecule has 30 heavy (non-hydrogen) atoms.